The average Bonchev–Trinajstić information content (AvgIpc) is 2.86. The molecule has 33 heavy (non-hydrogen) atoms. The van der Waals surface area contributed by atoms with Crippen LogP contribution in [0, 0.1) is 0 Å². The Balaban J connectivity index is 1.15. The first-order valence-electron chi connectivity index (χ1n) is 11.7. The highest BCUT2D eigenvalue weighted by Gasteiger charge is 2.08. The van der Waals surface area contributed by atoms with Gasteiger partial charge < -0.3 is 15.5 Å². The zero-order valence-electron chi connectivity index (χ0n) is 18.9. The molecule has 1 aromatic heterocycles. The van der Waals surface area contributed by atoms with Crippen LogP contribution in [0.4, 0.5) is 17.1 Å². The zero-order chi connectivity index (χ0) is 22.7. The summed E-state index contributed by atoms with van der Waals surface area (Å²) in [5.41, 5.74) is 4.52. The number of halogens is 1. The van der Waals surface area contributed by atoms with Crippen LogP contribution in [-0.4, -0.2) is 31.2 Å². The molecule has 170 valence electrons. The molecule has 0 amide bonds. The van der Waals surface area contributed by atoms with Crippen molar-refractivity contribution in [2.75, 3.05) is 36.4 Å². The number of hydrogen-bond donors (Lipinski definition) is 2. The molecule has 5 heteroatoms. The molecule has 0 unspecified atom stereocenters. The van der Waals surface area contributed by atoms with Crippen molar-refractivity contribution in [1.29, 1.82) is 0 Å². The van der Waals surface area contributed by atoms with Crippen LogP contribution in [0.5, 0.6) is 0 Å². The fraction of sp³-hybridized carbons (Fsp3) is 0.250. The van der Waals surface area contributed by atoms with Crippen LogP contribution < -0.4 is 15.5 Å². The van der Waals surface area contributed by atoms with Crippen LogP contribution in [0.25, 0.3) is 10.9 Å². The number of nitrogens with one attached hydrogen (secondary N) is 2. The van der Waals surface area contributed by atoms with Gasteiger partial charge in [0.25, 0.3) is 0 Å². The van der Waals surface area contributed by atoms with Crippen molar-refractivity contribution < 1.29 is 0 Å². The van der Waals surface area contributed by atoms with Crippen molar-refractivity contribution in [2.45, 2.75) is 19.3 Å². The second kappa shape index (κ2) is 12.2. The first-order valence-corrected chi connectivity index (χ1v) is 12.1. The van der Waals surface area contributed by atoms with Crippen molar-refractivity contribution in [3.05, 3.63) is 96.1 Å². The van der Waals surface area contributed by atoms with E-state index in [1.54, 1.807) is 0 Å². The van der Waals surface area contributed by atoms with E-state index in [2.05, 4.69) is 81.2 Å². The molecule has 0 aliphatic carbocycles. The van der Waals surface area contributed by atoms with Gasteiger partial charge in [0.05, 0.1) is 5.52 Å². The fourth-order valence-corrected chi connectivity index (χ4v) is 4.15. The third-order valence-corrected chi connectivity index (χ3v) is 5.91. The minimum absolute atomic E-state index is 0.717. The molecule has 0 radical (unpaired) electrons. The van der Waals surface area contributed by atoms with E-state index in [1.807, 2.05) is 30.5 Å². The molecule has 2 N–H and O–H groups in total. The summed E-state index contributed by atoms with van der Waals surface area (Å²) in [6.07, 6.45) is 5.18. The van der Waals surface area contributed by atoms with E-state index >= 15 is 0 Å². The second-order valence-corrected chi connectivity index (χ2v) is 8.52. The van der Waals surface area contributed by atoms with Crippen molar-refractivity contribution >= 4 is 39.6 Å². The number of nitrogens with zero attached hydrogens (tertiary/aromatic N) is 2. The van der Waals surface area contributed by atoms with Crippen LogP contribution >= 0.6 is 11.6 Å². The summed E-state index contributed by atoms with van der Waals surface area (Å²) < 4.78 is 0. The maximum absolute atomic E-state index is 6.08. The molecule has 0 fully saturated rings. The molecule has 0 aliphatic heterocycles. The topological polar surface area (TPSA) is 40.2 Å². The Bertz CT molecular complexity index is 1080. The molecule has 0 spiro atoms. The summed E-state index contributed by atoms with van der Waals surface area (Å²) in [7, 11) is 0. The average molecular weight is 459 g/mol. The standard InChI is InChI=1S/C28H31ClN4/c29-23-14-15-26-27(16-20-32-28(26)22-23)31-19-8-7-17-30-18-9-21-33(24-10-3-1-4-11-24)25-12-5-2-6-13-25/h1-6,10-16,20,22,30H,7-9,17-19,21H2,(H,31,32). The summed E-state index contributed by atoms with van der Waals surface area (Å²) in [4.78, 5) is 6.79. The first-order chi connectivity index (χ1) is 16.3. The molecule has 0 aliphatic rings. The Hall–Kier alpha value is -3.08. The van der Waals surface area contributed by atoms with Gasteiger partial charge in [0.1, 0.15) is 0 Å². The second-order valence-electron chi connectivity index (χ2n) is 8.08. The van der Waals surface area contributed by atoms with E-state index in [9.17, 15) is 0 Å². The maximum Gasteiger partial charge on any atom is 0.0737 e. The number of benzene rings is 3. The number of unbranched alkanes of at least 4 members (excludes halogenated alkanes) is 1. The molecule has 1 heterocycles. The summed E-state index contributed by atoms with van der Waals surface area (Å²) in [5.74, 6) is 0. The largest absolute Gasteiger partial charge is 0.384 e. The number of aromatic nitrogens is 1. The van der Waals surface area contributed by atoms with Crippen molar-refractivity contribution in [3.63, 3.8) is 0 Å². The van der Waals surface area contributed by atoms with Gasteiger partial charge in [-0.15, -0.1) is 0 Å². The van der Waals surface area contributed by atoms with Crippen LogP contribution in [0.15, 0.2) is 91.1 Å². The lowest BCUT2D eigenvalue weighted by molar-refractivity contribution is 0.613. The molecule has 4 nitrogen and oxygen atoms in total. The van der Waals surface area contributed by atoms with Gasteiger partial charge in [-0.1, -0.05) is 48.0 Å². The summed E-state index contributed by atoms with van der Waals surface area (Å²) in [6, 6.07) is 29.1. The van der Waals surface area contributed by atoms with Crippen LogP contribution in [-0.2, 0) is 0 Å². The predicted octanol–water partition coefficient (Wildman–Crippen LogP) is 6.90. The smallest absolute Gasteiger partial charge is 0.0737 e. The van der Waals surface area contributed by atoms with E-state index in [4.69, 9.17) is 11.6 Å². The van der Waals surface area contributed by atoms with Crippen LogP contribution in [0.1, 0.15) is 19.3 Å². The lowest BCUT2D eigenvalue weighted by Crippen LogP contribution is -2.24. The third kappa shape index (κ3) is 6.70. The highest BCUT2D eigenvalue weighted by Crippen LogP contribution is 2.25. The molecular weight excluding hydrogens is 428 g/mol. The van der Waals surface area contributed by atoms with Gasteiger partial charge in [-0.3, -0.25) is 4.98 Å². The lowest BCUT2D eigenvalue weighted by Gasteiger charge is -2.25. The SMILES string of the molecule is Clc1ccc2c(NCCCCNCCCN(c3ccccc3)c3ccccc3)ccnc2c1. The summed E-state index contributed by atoms with van der Waals surface area (Å²) >= 11 is 6.08. The lowest BCUT2D eigenvalue weighted by atomic mass is 10.2. The molecule has 4 rings (SSSR count). The molecule has 0 atom stereocenters. The fourth-order valence-electron chi connectivity index (χ4n) is 3.98. The van der Waals surface area contributed by atoms with Crippen LogP contribution in [0.3, 0.4) is 0 Å². The van der Waals surface area contributed by atoms with E-state index < -0.39 is 0 Å². The molecule has 0 bridgehead atoms. The van der Waals surface area contributed by atoms with Crippen molar-refractivity contribution in [1.82, 2.24) is 10.3 Å². The zero-order valence-corrected chi connectivity index (χ0v) is 19.6. The number of anilines is 3. The van der Waals surface area contributed by atoms with Crippen LogP contribution in [0.2, 0.25) is 5.02 Å². The van der Waals surface area contributed by atoms with Gasteiger partial charge in [-0.2, -0.15) is 0 Å². The summed E-state index contributed by atoms with van der Waals surface area (Å²) in [6.45, 7) is 3.98. The van der Waals surface area contributed by atoms with Gasteiger partial charge in [-0.25, -0.2) is 0 Å². The molecule has 0 saturated heterocycles. The number of fused-ring (bicyclic) bond motifs is 1. The Morgan fingerprint density at radius 2 is 1.39 bits per heavy atom. The highest BCUT2D eigenvalue weighted by atomic mass is 35.5. The third-order valence-electron chi connectivity index (χ3n) is 5.67. The van der Waals surface area contributed by atoms with E-state index in [-0.39, 0.29) is 0 Å². The molecular formula is C28H31ClN4. The number of pyridine rings is 1. The maximum atomic E-state index is 6.08. The first kappa shape index (κ1) is 23.1. The van der Waals surface area contributed by atoms with E-state index in [1.165, 1.54) is 11.4 Å². The number of para-hydroxylation sites is 2. The Kier molecular flexibility index (Phi) is 8.56. The normalized spacial score (nSPS) is 10.9. The van der Waals surface area contributed by atoms with Gasteiger partial charge in [0.2, 0.25) is 0 Å². The van der Waals surface area contributed by atoms with Crippen molar-refractivity contribution in [2.24, 2.45) is 0 Å². The monoisotopic (exact) mass is 458 g/mol. The Morgan fingerprint density at radius 1 is 0.727 bits per heavy atom. The predicted molar refractivity (Wildman–Crippen MR) is 142 cm³/mol. The van der Waals surface area contributed by atoms with E-state index in [0.717, 1.165) is 62.0 Å². The Morgan fingerprint density at radius 3 is 2.12 bits per heavy atom. The van der Waals surface area contributed by atoms with Crippen molar-refractivity contribution in [3.8, 4) is 0 Å². The highest BCUT2D eigenvalue weighted by molar-refractivity contribution is 6.31. The van der Waals surface area contributed by atoms with Gasteiger partial charge in [0, 0.05) is 46.8 Å². The molecule has 3 aromatic carbocycles. The Labute approximate surface area is 201 Å². The number of rotatable bonds is 12. The van der Waals surface area contributed by atoms with E-state index in [0.29, 0.717) is 5.02 Å². The molecule has 0 saturated carbocycles. The minimum atomic E-state index is 0.717. The quantitative estimate of drug-likeness (QED) is 0.226. The number of hydrogen-bond acceptors (Lipinski definition) is 4. The van der Waals surface area contributed by atoms with Gasteiger partial charge in [-0.05, 0) is 80.9 Å². The molecule has 4 aromatic rings. The summed E-state index contributed by atoms with van der Waals surface area (Å²) in [5, 5.41) is 8.97. The van der Waals surface area contributed by atoms with Gasteiger partial charge in [0.15, 0.2) is 0 Å². The minimum Gasteiger partial charge on any atom is -0.384 e. The van der Waals surface area contributed by atoms with Gasteiger partial charge >= 0.3 is 0 Å².